The van der Waals surface area contributed by atoms with E-state index in [1.807, 2.05) is 19.9 Å². The average Bonchev–Trinajstić information content (AvgIpc) is 2.56. The molecule has 0 saturated heterocycles. The monoisotopic (exact) mass is 300 g/mol. The molecule has 0 aliphatic rings. The van der Waals surface area contributed by atoms with Gasteiger partial charge in [0.05, 0.1) is 11.6 Å². The lowest BCUT2D eigenvalue weighted by molar-refractivity contribution is -0.144. The molecule has 22 heavy (non-hydrogen) atoms. The molecule has 116 valence electrons. The first kappa shape index (κ1) is 17.4. The molecule has 5 heteroatoms. The number of nitrogens with zero attached hydrogens (tertiary/aromatic N) is 1. The van der Waals surface area contributed by atoms with Gasteiger partial charge in [0.2, 0.25) is 0 Å². The Morgan fingerprint density at radius 3 is 2.45 bits per heavy atom. The number of benzene rings is 1. The van der Waals surface area contributed by atoms with Gasteiger partial charge in [-0.25, -0.2) is 4.79 Å². The van der Waals surface area contributed by atoms with Crippen LogP contribution in [0.15, 0.2) is 30.3 Å². The first-order valence-electron chi connectivity index (χ1n) is 7.23. The van der Waals surface area contributed by atoms with E-state index in [-0.39, 0.29) is 18.6 Å². The normalized spacial score (nSPS) is 10.5. The summed E-state index contributed by atoms with van der Waals surface area (Å²) in [6.07, 6.45) is 4.51. The van der Waals surface area contributed by atoms with E-state index in [0.29, 0.717) is 5.56 Å². The van der Waals surface area contributed by atoms with E-state index in [2.05, 4.69) is 5.32 Å². The zero-order chi connectivity index (χ0) is 16.4. The molecule has 0 bridgehead atoms. The van der Waals surface area contributed by atoms with Gasteiger partial charge in [0.15, 0.2) is 6.61 Å². The summed E-state index contributed by atoms with van der Waals surface area (Å²) in [5.74, 6) is -0.877. The van der Waals surface area contributed by atoms with Crippen molar-refractivity contribution in [3.05, 3.63) is 41.5 Å². The van der Waals surface area contributed by atoms with Crippen molar-refractivity contribution in [3.63, 3.8) is 0 Å². The summed E-state index contributed by atoms with van der Waals surface area (Å²) in [5.41, 5.74) is 1.33. The van der Waals surface area contributed by atoms with Crippen molar-refractivity contribution >= 4 is 18.0 Å². The number of carbonyl (C=O) groups excluding carboxylic acids is 2. The first-order chi connectivity index (χ1) is 10.6. The Kier molecular flexibility index (Phi) is 7.41. The van der Waals surface area contributed by atoms with E-state index in [9.17, 15) is 9.59 Å². The number of hydrogen-bond acceptors (Lipinski definition) is 4. The second-order valence-electron chi connectivity index (χ2n) is 4.76. The van der Waals surface area contributed by atoms with Crippen molar-refractivity contribution in [2.45, 2.75) is 32.7 Å². The van der Waals surface area contributed by atoms with E-state index in [1.165, 1.54) is 6.08 Å². The van der Waals surface area contributed by atoms with Crippen molar-refractivity contribution in [2.24, 2.45) is 0 Å². The second-order valence-corrected chi connectivity index (χ2v) is 4.76. The summed E-state index contributed by atoms with van der Waals surface area (Å²) in [4.78, 5) is 23.1. The zero-order valence-electron chi connectivity index (χ0n) is 12.8. The maximum absolute atomic E-state index is 11.6. The fraction of sp³-hybridized carbons (Fsp3) is 0.353. The van der Waals surface area contributed by atoms with E-state index < -0.39 is 5.97 Å². The van der Waals surface area contributed by atoms with Gasteiger partial charge < -0.3 is 10.1 Å². The lowest BCUT2D eigenvalue weighted by atomic mass is 10.1. The Hall–Kier alpha value is -2.61. The minimum atomic E-state index is -0.580. The van der Waals surface area contributed by atoms with Crippen LogP contribution in [-0.4, -0.2) is 24.5 Å². The van der Waals surface area contributed by atoms with Gasteiger partial charge in [0.25, 0.3) is 5.91 Å². The molecule has 0 aromatic heterocycles. The fourth-order valence-corrected chi connectivity index (χ4v) is 1.78. The maximum Gasteiger partial charge on any atom is 0.331 e. The second kappa shape index (κ2) is 9.35. The molecule has 0 atom stereocenters. The maximum atomic E-state index is 11.6. The highest BCUT2D eigenvalue weighted by molar-refractivity contribution is 5.89. The predicted octanol–water partition coefficient (Wildman–Crippen LogP) is 2.42. The highest BCUT2D eigenvalue weighted by Gasteiger charge is 2.09. The Morgan fingerprint density at radius 1 is 1.27 bits per heavy atom. The van der Waals surface area contributed by atoms with Gasteiger partial charge in [0.1, 0.15) is 0 Å². The Balaban J connectivity index is 2.40. The number of carbonyl (C=O) groups is 2. The number of amides is 1. The molecule has 0 aliphatic heterocycles. The molecule has 1 amide bonds. The molecule has 0 heterocycles. The van der Waals surface area contributed by atoms with Gasteiger partial charge in [-0.15, -0.1) is 0 Å². The first-order valence-corrected chi connectivity index (χ1v) is 7.23. The molecule has 1 aromatic carbocycles. The van der Waals surface area contributed by atoms with Crippen LogP contribution >= 0.6 is 0 Å². The van der Waals surface area contributed by atoms with Gasteiger partial charge in [-0.2, -0.15) is 5.26 Å². The molecule has 0 radical (unpaired) electrons. The Bertz CT molecular complexity index is 567. The Morgan fingerprint density at radius 2 is 1.91 bits per heavy atom. The van der Waals surface area contributed by atoms with Crippen LogP contribution < -0.4 is 5.32 Å². The summed E-state index contributed by atoms with van der Waals surface area (Å²) >= 11 is 0. The largest absolute Gasteiger partial charge is 0.452 e. The topological polar surface area (TPSA) is 79.2 Å². The van der Waals surface area contributed by atoms with Gasteiger partial charge in [-0.1, -0.05) is 26.0 Å². The summed E-state index contributed by atoms with van der Waals surface area (Å²) in [5, 5.41) is 11.5. The zero-order valence-corrected chi connectivity index (χ0v) is 12.8. The van der Waals surface area contributed by atoms with Crippen LogP contribution in [0.2, 0.25) is 0 Å². The molecule has 0 saturated carbocycles. The number of nitrogens with one attached hydrogen (secondary N) is 1. The van der Waals surface area contributed by atoms with Crippen molar-refractivity contribution in [3.8, 4) is 6.07 Å². The minimum Gasteiger partial charge on any atom is -0.452 e. The van der Waals surface area contributed by atoms with Crippen LogP contribution in [0.1, 0.15) is 37.8 Å². The molecule has 0 spiro atoms. The third-order valence-electron chi connectivity index (χ3n) is 3.15. The number of nitriles is 1. The molecule has 0 fully saturated rings. The highest BCUT2D eigenvalue weighted by atomic mass is 16.5. The molecule has 1 rings (SSSR count). The van der Waals surface area contributed by atoms with Crippen LogP contribution in [0.3, 0.4) is 0 Å². The van der Waals surface area contributed by atoms with Crippen LogP contribution in [0, 0.1) is 11.3 Å². The van der Waals surface area contributed by atoms with Crippen LogP contribution in [0.4, 0.5) is 0 Å². The van der Waals surface area contributed by atoms with Crippen molar-refractivity contribution in [1.29, 1.82) is 5.26 Å². The van der Waals surface area contributed by atoms with Gasteiger partial charge in [-0.3, -0.25) is 4.79 Å². The smallest absolute Gasteiger partial charge is 0.331 e. The predicted molar refractivity (Wildman–Crippen MR) is 83.7 cm³/mol. The highest BCUT2D eigenvalue weighted by Crippen LogP contribution is 2.05. The average molecular weight is 300 g/mol. The van der Waals surface area contributed by atoms with Crippen molar-refractivity contribution in [1.82, 2.24) is 5.32 Å². The minimum absolute atomic E-state index is 0.111. The van der Waals surface area contributed by atoms with E-state index >= 15 is 0 Å². The van der Waals surface area contributed by atoms with Gasteiger partial charge in [0, 0.05) is 12.1 Å². The third kappa shape index (κ3) is 6.23. The molecule has 0 aliphatic carbocycles. The van der Waals surface area contributed by atoms with E-state index in [4.69, 9.17) is 10.00 Å². The van der Waals surface area contributed by atoms with Crippen molar-refractivity contribution < 1.29 is 14.3 Å². The van der Waals surface area contributed by atoms with E-state index in [1.54, 1.807) is 30.3 Å². The number of hydrogen-bond donors (Lipinski definition) is 1. The molecule has 5 nitrogen and oxygen atoms in total. The molecule has 1 aromatic rings. The molecular weight excluding hydrogens is 280 g/mol. The van der Waals surface area contributed by atoms with E-state index in [0.717, 1.165) is 18.4 Å². The summed E-state index contributed by atoms with van der Waals surface area (Å²) in [6, 6.07) is 8.90. The van der Waals surface area contributed by atoms with Crippen LogP contribution in [-0.2, 0) is 14.3 Å². The van der Waals surface area contributed by atoms with Crippen LogP contribution in [0.25, 0.3) is 6.08 Å². The summed E-state index contributed by atoms with van der Waals surface area (Å²) in [6.45, 7) is 3.69. The number of ether oxygens (including phenoxy) is 1. The SMILES string of the molecule is CCC(CC)NC(=O)COC(=O)/C=C/c1ccc(C#N)cc1. The molecule has 1 N–H and O–H groups in total. The quantitative estimate of drug-likeness (QED) is 0.619. The molecular formula is C17H20N2O3. The molecule has 0 unspecified atom stereocenters. The Labute approximate surface area is 130 Å². The number of rotatable bonds is 7. The number of esters is 1. The van der Waals surface area contributed by atoms with Gasteiger partial charge in [-0.05, 0) is 36.6 Å². The third-order valence-corrected chi connectivity index (χ3v) is 3.15. The fourth-order valence-electron chi connectivity index (χ4n) is 1.78. The standard InChI is InChI=1S/C17H20N2O3/c1-3-15(4-2)19-16(20)12-22-17(21)10-9-13-5-7-14(11-18)8-6-13/h5-10,15H,3-4,12H2,1-2H3,(H,19,20)/b10-9+. The van der Waals surface area contributed by atoms with Crippen LogP contribution in [0.5, 0.6) is 0 Å². The lowest BCUT2D eigenvalue weighted by Crippen LogP contribution is -2.36. The summed E-state index contributed by atoms with van der Waals surface area (Å²) in [7, 11) is 0. The lowest BCUT2D eigenvalue weighted by Gasteiger charge is -2.14. The van der Waals surface area contributed by atoms with Gasteiger partial charge >= 0.3 is 5.97 Å². The van der Waals surface area contributed by atoms with Crippen molar-refractivity contribution in [2.75, 3.05) is 6.61 Å². The summed E-state index contributed by atoms with van der Waals surface area (Å²) < 4.78 is 4.87.